The molecule has 0 radical (unpaired) electrons. The lowest BCUT2D eigenvalue weighted by Crippen LogP contribution is -2.49. The Labute approximate surface area is 154 Å². The van der Waals surface area contributed by atoms with E-state index in [1.54, 1.807) is 19.1 Å². The second-order valence-corrected chi connectivity index (χ2v) is 6.80. The fourth-order valence-electron chi connectivity index (χ4n) is 3.16. The number of hydrogen-bond acceptors (Lipinski definition) is 5. The van der Waals surface area contributed by atoms with Gasteiger partial charge in [-0.25, -0.2) is 0 Å². The zero-order valence-corrected chi connectivity index (χ0v) is 15.7. The maximum Gasteiger partial charge on any atom is 0.317 e. The van der Waals surface area contributed by atoms with E-state index in [4.69, 9.17) is 14.6 Å². The third kappa shape index (κ3) is 6.00. The van der Waals surface area contributed by atoms with Gasteiger partial charge in [0.1, 0.15) is 5.75 Å². The van der Waals surface area contributed by atoms with Gasteiger partial charge in [0.2, 0.25) is 5.91 Å². The quantitative estimate of drug-likeness (QED) is 0.752. The van der Waals surface area contributed by atoms with Crippen LogP contribution in [-0.2, 0) is 14.3 Å². The average Bonchev–Trinajstić information content (AvgIpc) is 2.61. The number of aliphatic carboxylic acids is 1. The number of hydrogen-bond donors (Lipinski definition) is 1. The number of carbonyl (C=O) groups is 2. The molecule has 1 amide bonds. The molecule has 2 atom stereocenters. The van der Waals surface area contributed by atoms with Gasteiger partial charge in [0.25, 0.3) is 0 Å². The highest BCUT2D eigenvalue weighted by molar-refractivity contribution is 5.77. The van der Waals surface area contributed by atoms with E-state index in [0.29, 0.717) is 32.7 Å². The van der Waals surface area contributed by atoms with E-state index in [-0.39, 0.29) is 24.5 Å². The zero-order chi connectivity index (χ0) is 19.1. The van der Waals surface area contributed by atoms with Gasteiger partial charge in [-0.3, -0.25) is 14.5 Å². The highest BCUT2D eigenvalue weighted by atomic mass is 16.5. The van der Waals surface area contributed by atoms with Crippen LogP contribution in [0.15, 0.2) is 24.3 Å². The molecule has 0 aromatic heterocycles. The Balaban J connectivity index is 1.88. The van der Waals surface area contributed by atoms with Crippen molar-refractivity contribution in [1.82, 2.24) is 9.80 Å². The molecule has 144 valence electrons. The van der Waals surface area contributed by atoms with E-state index < -0.39 is 5.97 Å². The minimum Gasteiger partial charge on any atom is -0.497 e. The van der Waals surface area contributed by atoms with Crippen LogP contribution in [0.2, 0.25) is 0 Å². The van der Waals surface area contributed by atoms with Crippen molar-refractivity contribution in [3.63, 3.8) is 0 Å². The molecule has 0 bridgehead atoms. The van der Waals surface area contributed by atoms with E-state index in [1.165, 1.54) is 0 Å². The van der Waals surface area contributed by atoms with Gasteiger partial charge in [0.15, 0.2) is 0 Å². The molecule has 1 N–H and O–H groups in total. The lowest BCUT2D eigenvalue weighted by Gasteiger charge is -2.35. The van der Waals surface area contributed by atoms with Gasteiger partial charge in [0, 0.05) is 26.1 Å². The molecular weight excluding hydrogens is 336 g/mol. The Bertz CT molecular complexity index is 622. The summed E-state index contributed by atoms with van der Waals surface area (Å²) in [6.07, 6.45) is 0.259. The molecule has 1 aromatic carbocycles. The van der Waals surface area contributed by atoms with Crippen molar-refractivity contribution in [3.8, 4) is 5.75 Å². The van der Waals surface area contributed by atoms with Crippen LogP contribution in [0.1, 0.15) is 24.8 Å². The van der Waals surface area contributed by atoms with Crippen molar-refractivity contribution in [1.29, 1.82) is 0 Å². The number of morpholine rings is 1. The van der Waals surface area contributed by atoms with Gasteiger partial charge in [-0.2, -0.15) is 0 Å². The fourth-order valence-corrected chi connectivity index (χ4v) is 3.16. The molecule has 7 nitrogen and oxygen atoms in total. The van der Waals surface area contributed by atoms with Gasteiger partial charge in [-0.1, -0.05) is 19.1 Å². The Morgan fingerprint density at radius 3 is 2.92 bits per heavy atom. The van der Waals surface area contributed by atoms with Crippen LogP contribution in [0.5, 0.6) is 5.75 Å². The van der Waals surface area contributed by atoms with Crippen molar-refractivity contribution < 1.29 is 24.2 Å². The molecule has 1 fully saturated rings. The summed E-state index contributed by atoms with van der Waals surface area (Å²) in [5.74, 6) is 0.0983. The predicted molar refractivity (Wildman–Crippen MR) is 97.5 cm³/mol. The van der Waals surface area contributed by atoms with Crippen LogP contribution in [0.4, 0.5) is 0 Å². The fraction of sp³-hybridized carbons (Fsp3) is 0.579. The summed E-state index contributed by atoms with van der Waals surface area (Å²) < 4.78 is 10.9. The van der Waals surface area contributed by atoms with Gasteiger partial charge >= 0.3 is 5.97 Å². The summed E-state index contributed by atoms with van der Waals surface area (Å²) in [7, 11) is 3.37. The Hall–Kier alpha value is -2.12. The SMILES string of the molecule is COc1cccc([C@@H](C)CC(=O)N2CCO[C@H](CN(C)CC(=O)O)C2)c1. The maximum atomic E-state index is 12.7. The van der Waals surface area contributed by atoms with Crippen LogP contribution in [0.25, 0.3) is 0 Å². The first-order valence-corrected chi connectivity index (χ1v) is 8.82. The number of amides is 1. The number of rotatable bonds is 8. The molecule has 1 heterocycles. The lowest BCUT2D eigenvalue weighted by atomic mass is 9.97. The Morgan fingerprint density at radius 2 is 2.23 bits per heavy atom. The van der Waals surface area contributed by atoms with Crippen molar-refractivity contribution in [3.05, 3.63) is 29.8 Å². The number of ether oxygens (including phenoxy) is 2. The van der Waals surface area contributed by atoms with Crippen LogP contribution >= 0.6 is 0 Å². The highest BCUT2D eigenvalue weighted by Crippen LogP contribution is 2.24. The molecule has 2 rings (SSSR count). The molecule has 0 aliphatic carbocycles. The third-order valence-electron chi connectivity index (χ3n) is 4.56. The molecule has 1 aromatic rings. The van der Waals surface area contributed by atoms with E-state index >= 15 is 0 Å². The normalized spacial score (nSPS) is 18.6. The van der Waals surface area contributed by atoms with Crippen LogP contribution in [-0.4, -0.2) is 79.8 Å². The van der Waals surface area contributed by atoms with E-state index in [2.05, 4.69) is 0 Å². The maximum absolute atomic E-state index is 12.7. The molecule has 0 spiro atoms. The summed E-state index contributed by atoms with van der Waals surface area (Å²) in [4.78, 5) is 27.0. The van der Waals surface area contributed by atoms with Crippen molar-refractivity contribution in [2.24, 2.45) is 0 Å². The van der Waals surface area contributed by atoms with Crippen molar-refractivity contribution in [2.45, 2.75) is 25.4 Å². The number of benzene rings is 1. The second-order valence-electron chi connectivity index (χ2n) is 6.80. The number of carboxylic acids is 1. The van der Waals surface area contributed by atoms with E-state index in [1.807, 2.05) is 36.1 Å². The summed E-state index contributed by atoms with van der Waals surface area (Å²) in [6, 6.07) is 7.78. The van der Waals surface area contributed by atoms with Crippen molar-refractivity contribution >= 4 is 11.9 Å². The molecule has 7 heteroatoms. The van der Waals surface area contributed by atoms with E-state index in [0.717, 1.165) is 11.3 Å². The first kappa shape index (κ1) is 20.2. The first-order valence-electron chi connectivity index (χ1n) is 8.82. The molecule has 0 unspecified atom stereocenters. The van der Waals surface area contributed by atoms with Gasteiger partial charge in [0.05, 0.1) is 26.4 Å². The lowest BCUT2D eigenvalue weighted by molar-refractivity contribution is -0.142. The number of nitrogens with zero attached hydrogens (tertiary/aromatic N) is 2. The number of methoxy groups -OCH3 is 1. The molecule has 1 aliphatic rings. The monoisotopic (exact) mass is 364 g/mol. The van der Waals surface area contributed by atoms with Crippen molar-refractivity contribution in [2.75, 3.05) is 46.9 Å². The molecule has 26 heavy (non-hydrogen) atoms. The van der Waals surface area contributed by atoms with Crippen LogP contribution < -0.4 is 4.74 Å². The standard InChI is InChI=1S/C19H28N2O5/c1-14(15-5-4-6-16(10-15)25-3)9-18(22)21-7-8-26-17(12-21)11-20(2)13-19(23)24/h4-6,10,14,17H,7-9,11-13H2,1-3H3,(H,23,24)/t14-,17+/m0/s1. The van der Waals surface area contributed by atoms with Gasteiger partial charge in [-0.15, -0.1) is 0 Å². The third-order valence-corrected chi connectivity index (χ3v) is 4.56. The Morgan fingerprint density at radius 1 is 1.46 bits per heavy atom. The topological polar surface area (TPSA) is 79.3 Å². The smallest absolute Gasteiger partial charge is 0.317 e. The highest BCUT2D eigenvalue weighted by Gasteiger charge is 2.26. The molecule has 1 saturated heterocycles. The second kappa shape index (κ2) is 9.54. The van der Waals surface area contributed by atoms with E-state index in [9.17, 15) is 9.59 Å². The van der Waals surface area contributed by atoms with Crippen LogP contribution in [0.3, 0.4) is 0 Å². The number of likely N-dealkylation sites (N-methyl/N-ethyl adjacent to an activating group) is 1. The average molecular weight is 364 g/mol. The van der Waals surface area contributed by atoms with Gasteiger partial charge in [-0.05, 0) is 30.7 Å². The Kier molecular flexibility index (Phi) is 7.41. The number of carboxylic acid groups (broad SMARTS) is 1. The molecular formula is C19H28N2O5. The summed E-state index contributed by atoms with van der Waals surface area (Å²) in [6.45, 7) is 4.02. The van der Waals surface area contributed by atoms with Crippen LogP contribution in [0, 0.1) is 0 Å². The molecule has 1 aliphatic heterocycles. The minimum atomic E-state index is -0.872. The largest absolute Gasteiger partial charge is 0.497 e. The summed E-state index contributed by atoms with van der Waals surface area (Å²) >= 11 is 0. The predicted octanol–water partition coefficient (Wildman–Crippen LogP) is 1.43. The molecule has 0 saturated carbocycles. The minimum absolute atomic E-state index is 0.0410. The first-order chi connectivity index (χ1) is 12.4. The summed E-state index contributed by atoms with van der Waals surface area (Å²) in [5, 5.41) is 8.84. The number of carbonyl (C=O) groups excluding carboxylic acids is 1. The summed E-state index contributed by atoms with van der Waals surface area (Å²) in [5.41, 5.74) is 1.07. The van der Waals surface area contributed by atoms with Gasteiger partial charge < -0.3 is 19.5 Å². The zero-order valence-electron chi connectivity index (χ0n) is 15.7.